The number of aromatic carboxylic acids is 1. The lowest BCUT2D eigenvalue weighted by Crippen LogP contribution is -1.98. The van der Waals surface area contributed by atoms with Gasteiger partial charge in [-0.2, -0.15) is 5.26 Å². The Morgan fingerprint density at radius 2 is 2.16 bits per heavy atom. The van der Waals surface area contributed by atoms with E-state index in [1.807, 2.05) is 0 Å². The minimum Gasteiger partial charge on any atom is -0.478 e. The third-order valence-electron chi connectivity index (χ3n) is 2.25. The molecule has 6 heteroatoms. The molecule has 0 amide bonds. The Labute approximate surface area is 107 Å². The first kappa shape index (κ1) is 12.5. The van der Waals surface area contributed by atoms with E-state index >= 15 is 0 Å². The zero-order chi connectivity index (χ0) is 13.8. The van der Waals surface area contributed by atoms with Gasteiger partial charge in [0, 0.05) is 6.20 Å². The highest BCUT2D eigenvalue weighted by Gasteiger charge is 2.09. The van der Waals surface area contributed by atoms with Crippen molar-refractivity contribution in [1.82, 2.24) is 4.98 Å². The second kappa shape index (κ2) is 5.14. The predicted octanol–water partition coefficient (Wildman–Crippen LogP) is 2.58. The molecule has 0 aliphatic rings. The number of rotatable bonds is 3. The lowest BCUT2D eigenvalue weighted by Gasteiger charge is -2.06. The fourth-order valence-electron chi connectivity index (χ4n) is 1.37. The van der Waals surface area contributed by atoms with E-state index in [1.54, 1.807) is 6.07 Å². The van der Waals surface area contributed by atoms with Crippen molar-refractivity contribution in [3.05, 3.63) is 53.6 Å². The van der Waals surface area contributed by atoms with Crippen molar-refractivity contribution in [1.29, 1.82) is 5.26 Å². The van der Waals surface area contributed by atoms with Gasteiger partial charge in [0.05, 0.1) is 23.4 Å². The van der Waals surface area contributed by atoms with E-state index in [2.05, 4.69) is 4.98 Å². The second-order valence-corrected chi connectivity index (χ2v) is 3.57. The average Bonchev–Trinajstić information content (AvgIpc) is 2.41. The van der Waals surface area contributed by atoms with Gasteiger partial charge in [-0.3, -0.25) is 4.98 Å². The van der Waals surface area contributed by atoms with E-state index < -0.39 is 11.8 Å². The van der Waals surface area contributed by atoms with Gasteiger partial charge in [0.1, 0.15) is 5.75 Å². The Kier molecular flexibility index (Phi) is 3.39. The zero-order valence-electron chi connectivity index (χ0n) is 9.50. The Morgan fingerprint density at radius 1 is 1.37 bits per heavy atom. The fourth-order valence-corrected chi connectivity index (χ4v) is 1.37. The summed E-state index contributed by atoms with van der Waals surface area (Å²) >= 11 is 0. The summed E-state index contributed by atoms with van der Waals surface area (Å²) in [5, 5.41) is 17.4. The van der Waals surface area contributed by atoms with Crippen LogP contribution >= 0.6 is 0 Å². The summed E-state index contributed by atoms with van der Waals surface area (Å²) in [4.78, 5) is 14.4. The normalized spacial score (nSPS) is 9.68. The number of pyridine rings is 1. The van der Waals surface area contributed by atoms with Gasteiger partial charge < -0.3 is 9.84 Å². The number of benzene rings is 1. The quantitative estimate of drug-likeness (QED) is 0.914. The van der Waals surface area contributed by atoms with E-state index in [4.69, 9.17) is 15.1 Å². The molecular formula is C13H7FN2O3. The van der Waals surface area contributed by atoms with Crippen LogP contribution in [0.5, 0.6) is 11.5 Å². The number of aromatic nitrogens is 1. The van der Waals surface area contributed by atoms with Gasteiger partial charge in [-0.25, -0.2) is 9.18 Å². The number of nitrogens with zero attached hydrogens (tertiary/aromatic N) is 2. The summed E-state index contributed by atoms with van der Waals surface area (Å²) in [6.45, 7) is 0. The Balaban J connectivity index is 2.29. The first-order chi connectivity index (χ1) is 9.10. The van der Waals surface area contributed by atoms with Gasteiger partial charge in [-0.1, -0.05) is 0 Å². The molecule has 0 fully saturated rings. The average molecular weight is 258 g/mol. The molecule has 0 spiro atoms. The molecule has 2 rings (SSSR count). The third-order valence-corrected chi connectivity index (χ3v) is 2.25. The van der Waals surface area contributed by atoms with Crippen LogP contribution in [0.2, 0.25) is 0 Å². The van der Waals surface area contributed by atoms with E-state index in [1.165, 1.54) is 24.4 Å². The summed E-state index contributed by atoms with van der Waals surface area (Å²) in [5.41, 5.74) is 0.105. The standard InChI is InChI=1S/C13H7FN2O3/c14-11-3-8(5-15)1-2-12(11)19-10-4-9(13(17)18)6-16-7-10/h1-4,6-7H,(H,17,18). The van der Waals surface area contributed by atoms with Gasteiger partial charge >= 0.3 is 5.97 Å². The molecule has 0 radical (unpaired) electrons. The van der Waals surface area contributed by atoms with Gasteiger partial charge in [0.15, 0.2) is 11.6 Å². The molecule has 1 aromatic carbocycles. The van der Waals surface area contributed by atoms with E-state index in [9.17, 15) is 9.18 Å². The van der Waals surface area contributed by atoms with Crippen molar-refractivity contribution in [3.8, 4) is 17.6 Å². The molecule has 1 heterocycles. The summed E-state index contributed by atoms with van der Waals surface area (Å²) in [6.07, 6.45) is 2.43. The maximum Gasteiger partial charge on any atom is 0.337 e. The second-order valence-electron chi connectivity index (χ2n) is 3.57. The van der Waals surface area contributed by atoms with Crippen molar-refractivity contribution in [3.63, 3.8) is 0 Å². The number of carbonyl (C=O) groups is 1. The van der Waals surface area contributed by atoms with Gasteiger partial charge in [0.25, 0.3) is 0 Å². The molecule has 19 heavy (non-hydrogen) atoms. The van der Waals surface area contributed by atoms with Crippen LogP contribution in [0.15, 0.2) is 36.7 Å². The first-order valence-corrected chi connectivity index (χ1v) is 5.16. The number of hydrogen-bond donors (Lipinski definition) is 1. The van der Waals surface area contributed by atoms with Gasteiger partial charge in [0.2, 0.25) is 0 Å². The van der Waals surface area contributed by atoms with Crippen molar-refractivity contribution < 1.29 is 19.0 Å². The van der Waals surface area contributed by atoms with E-state index in [-0.39, 0.29) is 22.6 Å². The first-order valence-electron chi connectivity index (χ1n) is 5.16. The van der Waals surface area contributed by atoms with E-state index in [0.717, 1.165) is 12.3 Å². The summed E-state index contributed by atoms with van der Waals surface area (Å²) in [7, 11) is 0. The Morgan fingerprint density at radius 3 is 2.79 bits per heavy atom. The minimum atomic E-state index is -1.15. The van der Waals surface area contributed by atoms with Crippen LogP contribution in [0, 0.1) is 17.1 Å². The van der Waals surface area contributed by atoms with Crippen molar-refractivity contribution in [2.24, 2.45) is 0 Å². The smallest absolute Gasteiger partial charge is 0.337 e. The predicted molar refractivity (Wildman–Crippen MR) is 62.4 cm³/mol. The molecule has 0 saturated carbocycles. The van der Waals surface area contributed by atoms with Crippen molar-refractivity contribution in [2.45, 2.75) is 0 Å². The van der Waals surface area contributed by atoms with Crippen LogP contribution in [0.25, 0.3) is 0 Å². The SMILES string of the molecule is N#Cc1ccc(Oc2cncc(C(=O)O)c2)c(F)c1. The maximum absolute atomic E-state index is 13.6. The van der Waals surface area contributed by atoms with Crippen LogP contribution in [-0.2, 0) is 0 Å². The number of carboxylic acid groups (broad SMARTS) is 1. The molecule has 0 aliphatic heterocycles. The molecule has 5 nitrogen and oxygen atoms in total. The molecule has 0 bridgehead atoms. The highest BCUT2D eigenvalue weighted by molar-refractivity contribution is 5.87. The Hall–Kier alpha value is -2.94. The van der Waals surface area contributed by atoms with Gasteiger partial charge in [-0.05, 0) is 24.3 Å². The molecular weight excluding hydrogens is 251 g/mol. The highest BCUT2D eigenvalue weighted by Crippen LogP contribution is 2.25. The van der Waals surface area contributed by atoms with Crippen LogP contribution in [0.4, 0.5) is 4.39 Å². The fraction of sp³-hybridized carbons (Fsp3) is 0. The summed E-state index contributed by atoms with van der Waals surface area (Å²) in [6, 6.07) is 6.75. The number of carboxylic acids is 1. The van der Waals surface area contributed by atoms with Gasteiger partial charge in [-0.15, -0.1) is 0 Å². The van der Waals surface area contributed by atoms with Crippen LogP contribution in [0.1, 0.15) is 15.9 Å². The molecule has 2 aromatic rings. The van der Waals surface area contributed by atoms with Crippen molar-refractivity contribution in [2.75, 3.05) is 0 Å². The lowest BCUT2D eigenvalue weighted by molar-refractivity contribution is 0.0696. The topological polar surface area (TPSA) is 83.2 Å². The summed E-state index contributed by atoms with van der Waals surface area (Å²) in [5.74, 6) is -1.87. The van der Waals surface area contributed by atoms with Crippen LogP contribution in [0.3, 0.4) is 0 Å². The van der Waals surface area contributed by atoms with Crippen LogP contribution in [-0.4, -0.2) is 16.1 Å². The maximum atomic E-state index is 13.6. The third kappa shape index (κ3) is 2.84. The molecule has 94 valence electrons. The van der Waals surface area contributed by atoms with Crippen LogP contribution < -0.4 is 4.74 Å². The number of nitriles is 1. The number of hydrogen-bond acceptors (Lipinski definition) is 4. The molecule has 1 aromatic heterocycles. The molecule has 0 atom stereocenters. The van der Waals surface area contributed by atoms with E-state index in [0.29, 0.717) is 0 Å². The molecule has 0 saturated heterocycles. The summed E-state index contributed by atoms with van der Waals surface area (Å²) < 4.78 is 18.8. The number of ether oxygens (including phenoxy) is 1. The highest BCUT2D eigenvalue weighted by atomic mass is 19.1. The largest absolute Gasteiger partial charge is 0.478 e. The lowest BCUT2D eigenvalue weighted by atomic mass is 10.2. The Bertz CT molecular complexity index is 680. The van der Waals surface area contributed by atoms with Crippen molar-refractivity contribution >= 4 is 5.97 Å². The number of halogens is 1. The monoisotopic (exact) mass is 258 g/mol. The molecule has 0 aliphatic carbocycles. The molecule has 0 unspecified atom stereocenters. The zero-order valence-corrected chi connectivity index (χ0v) is 9.50. The molecule has 1 N–H and O–H groups in total. The minimum absolute atomic E-state index is 0.0634.